The van der Waals surface area contributed by atoms with Gasteiger partial charge in [0.15, 0.2) is 0 Å². The molecule has 116 valence electrons. The summed E-state index contributed by atoms with van der Waals surface area (Å²) < 4.78 is 26.4. The highest BCUT2D eigenvalue weighted by Gasteiger charge is 2.20. The van der Waals surface area contributed by atoms with Crippen LogP contribution >= 0.6 is 35.3 Å². The number of amides is 1. The molecule has 6 nitrogen and oxygen atoms in total. The van der Waals surface area contributed by atoms with Crippen LogP contribution in [-0.2, 0) is 14.8 Å². The number of sulfonamides is 1. The van der Waals surface area contributed by atoms with E-state index in [1.165, 1.54) is 17.0 Å². The first-order chi connectivity index (χ1) is 8.77. The molecule has 0 spiro atoms. The summed E-state index contributed by atoms with van der Waals surface area (Å²) in [6.45, 7) is 1.79. The Bertz CT molecular complexity index is 548. The lowest BCUT2D eigenvalue weighted by Gasteiger charge is -2.23. The van der Waals surface area contributed by atoms with Gasteiger partial charge in [-0.1, -0.05) is 11.6 Å². The fourth-order valence-corrected chi connectivity index (χ4v) is 3.70. The normalized spacial score (nSPS) is 12.6. The van der Waals surface area contributed by atoms with Crippen molar-refractivity contribution in [2.45, 2.75) is 17.2 Å². The van der Waals surface area contributed by atoms with E-state index < -0.39 is 10.0 Å². The third-order valence-corrected chi connectivity index (χ3v) is 5.75. The Hall–Kier alpha value is -0.380. The quantitative estimate of drug-likeness (QED) is 0.787. The van der Waals surface area contributed by atoms with Crippen molar-refractivity contribution in [1.29, 1.82) is 0 Å². The SMILES string of the molecule is CC(CN)N(C)C(=O)CNS(=O)(=O)c1ccc(Cl)s1.Cl. The molecule has 0 aliphatic carbocycles. The van der Waals surface area contributed by atoms with E-state index in [0.717, 1.165) is 11.3 Å². The fraction of sp³-hybridized carbons (Fsp3) is 0.500. The minimum Gasteiger partial charge on any atom is -0.341 e. The van der Waals surface area contributed by atoms with E-state index in [4.69, 9.17) is 17.3 Å². The highest BCUT2D eigenvalue weighted by molar-refractivity contribution is 7.91. The van der Waals surface area contributed by atoms with Crippen LogP contribution < -0.4 is 10.5 Å². The molecule has 1 unspecified atom stereocenters. The molecule has 0 saturated heterocycles. The molecule has 1 rings (SSSR count). The number of hydrogen-bond acceptors (Lipinski definition) is 5. The third kappa shape index (κ3) is 5.19. The molecule has 1 amide bonds. The topological polar surface area (TPSA) is 92.5 Å². The molecule has 20 heavy (non-hydrogen) atoms. The van der Waals surface area contributed by atoms with Crippen molar-refractivity contribution in [3.05, 3.63) is 16.5 Å². The van der Waals surface area contributed by atoms with E-state index in [-0.39, 0.29) is 35.1 Å². The predicted molar refractivity (Wildman–Crippen MR) is 83.1 cm³/mol. The van der Waals surface area contributed by atoms with Gasteiger partial charge in [-0.15, -0.1) is 23.7 Å². The minimum absolute atomic E-state index is 0. The van der Waals surface area contributed by atoms with Gasteiger partial charge in [0.2, 0.25) is 5.91 Å². The average Bonchev–Trinajstić information content (AvgIpc) is 2.81. The number of thiophene rings is 1. The molecule has 3 N–H and O–H groups in total. The monoisotopic (exact) mass is 361 g/mol. The summed E-state index contributed by atoms with van der Waals surface area (Å²) in [7, 11) is -2.12. The fourth-order valence-electron chi connectivity index (χ4n) is 1.20. The van der Waals surface area contributed by atoms with Crippen molar-refractivity contribution in [2.24, 2.45) is 5.73 Å². The van der Waals surface area contributed by atoms with Crippen LogP contribution in [0, 0.1) is 0 Å². The van der Waals surface area contributed by atoms with Gasteiger partial charge < -0.3 is 10.6 Å². The Morgan fingerprint density at radius 1 is 1.55 bits per heavy atom. The number of carbonyl (C=O) groups is 1. The largest absolute Gasteiger partial charge is 0.341 e. The molecule has 0 fully saturated rings. The van der Waals surface area contributed by atoms with Gasteiger partial charge in [-0.2, -0.15) is 0 Å². The van der Waals surface area contributed by atoms with Gasteiger partial charge in [0.25, 0.3) is 10.0 Å². The lowest BCUT2D eigenvalue weighted by Crippen LogP contribution is -2.44. The Morgan fingerprint density at radius 2 is 2.15 bits per heavy atom. The number of likely N-dealkylation sites (N-methyl/N-ethyl adjacent to an activating group) is 1. The van der Waals surface area contributed by atoms with Crippen LogP contribution in [0.15, 0.2) is 16.3 Å². The first kappa shape index (κ1) is 19.6. The zero-order chi connectivity index (χ0) is 14.6. The summed E-state index contributed by atoms with van der Waals surface area (Å²) in [5.41, 5.74) is 5.44. The predicted octanol–water partition coefficient (Wildman–Crippen LogP) is 0.907. The maximum absolute atomic E-state index is 11.9. The van der Waals surface area contributed by atoms with Crippen LogP contribution in [0.5, 0.6) is 0 Å². The van der Waals surface area contributed by atoms with Gasteiger partial charge in [0.05, 0.1) is 10.9 Å². The number of nitrogens with one attached hydrogen (secondary N) is 1. The lowest BCUT2D eigenvalue weighted by atomic mass is 10.3. The second kappa shape index (κ2) is 8.16. The summed E-state index contributed by atoms with van der Waals surface area (Å²) in [6.07, 6.45) is 0. The standard InChI is InChI=1S/C10H16ClN3O3S2.ClH/c1-7(5-12)14(2)9(15)6-13-19(16,17)10-4-3-8(11)18-10;/h3-4,7,13H,5-6,12H2,1-2H3;1H. The van der Waals surface area contributed by atoms with Crippen LogP contribution in [0.3, 0.4) is 0 Å². The Balaban J connectivity index is 0.00000361. The van der Waals surface area contributed by atoms with Crippen molar-refractivity contribution < 1.29 is 13.2 Å². The highest BCUT2D eigenvalue weighted by atomic mass is 35.5. The number of rotatable bonds is 6. The molecule has 1 atom stereocenters. The second-order valence-corrected chi connectivity index (χ2v) is 7.68. The summed E-state index contributed by atoms with van der Waals surface area (Å²) in [5, 5.41) is 0. The molecule has 10 heteroatoms. The summed E-state index contributed by atoms with van der Waals surface area (Å²) in [6, 6.07) is 2.74. The number of halogens is 2. The van der Waals surface area contributed by atoms with Crippen LogP contribution in [0.1, 0.15) is 6.92 Å². The zero-order valence-electron chi connectivity index (χ0n) is 11.0. The first-order valence-electron chi connectivity index (χ1n) is 5.48. The summed E-state index contributed by atoms with van der Waals surface area (Å²) in [4.78, 5) is 13.2. The minimum atomic E-state index is -3.70. The molecule has 0 aliphatic heterocycles. The van der Waals surface area contributed by atoms with Crippen LogP contribution in [0.25, 0.3) is 0 Å². The van der Waals surface area contributed by atoms with Crippen molar-refractivity contribution in [3.8, 4) is 0 Å². The molecule has 0 radical (unpaired) electrons. The average molecular weight is 362 g/mol. The molecule has 1 heterocycles. The summed E-state index contributed by atoms with van der Waals surface area (Å²) in [5.74, 6) is -0.343. The maximum atomic E-state index is 11.9. The Kier molecular flexibility index (Phi) is 8.00. The van der Waals surface area contributed by atoms with Gasteiger partial charge in [-0.05, 0) is 19.1 Å². The second-order valence-electron chi connectivity index (χ2n) is 3.97. The van der Waals surface area contributed by atoms with Crippen molar-refractivity contribution in [1.82, 2.24) is 9.62 Å². The van der Waals surface area contributed by atoms with Gasteiger partial charge in [0, 0.05) is 19.6 Å². The van der Waals surface area contributed by atoms with Crippen LogP contribution in [-0.4, -0.2) is 45.4 Å². The molecule has 0 saturated carbocycles. The Morgan fingerprint density at radius 3 is 2.60 bits per heavy atom. The van der Waals surface area contributed by atoms with E-state index in [2.05, 4.69) is 4.72 Å². The third-order valence-electron chi connectivity index (χ3n) is 2.62. The number of nitrogens with zero attached hydrogens (tertiary/aromatic N) is 1. The van der Waals surface area contributed by atoms with E-state index in [9.17, 15) is 13.2 Å². The molecular formula is C10H17Cl2N3O3S2. The first-order valence-corrected chi connectivity index (χ1v) is 8.16. The summed E-state index contributed by atoms with van der Waals surface area (Å²) >= 11 is 6.61. The van der Waals surface area contributed by atoms with Gasteiger partial charge in [0.1, 0.15) is 4.21 Å². The van der Waals surface area contributed by atoms with Crippen molar-refractivity contribution in [3.63, 3.8) is 0 Å². The number of nitrogens with two attached hydrogens (primary N) is 1. The zero-order valence-corrected chi connectivity index (χ0v) is 14.2. The van der Waals surface area contributed by atoms with Crippen molar-refractivity contribution in [2.75, 3.05) is 20.1 Å². The van der Waals surface area contributed by atoms with Crippen molar-refractivity contribution >= 4 is 51.3 Å². The number of hydrogen-bond donors (Lipinski definition) is 2. The van der Waals surface area contributed by atoms with E-state index in [1.807, 2.05) is 0 Å². The van der Waals surface area contributed by atoms with E-state index in [0.29, 0.717) is 10.9 Å². The van der Waals surface area contributed by atoms with Crippen LogP contribution in [0.2, 0.25) is 4.34 Å². The highest BCUT2D eigenvalue weighted by Crippen LogP contribution is 2.25. The molecule has 1 aromatic heterocycles. The molecular weight excluding hydrogens is 345 g/mol. The van der Waals surface area contributed by atoms with Gasteiger partial charge in [-0.25, -0.2) is 13.1 Å². The lowest BCUT2D eigenvalue weighted by molar-refractivity contribution is -0.130. The smallest absolute Gasteiger partial charge is 0.250 e. The number of carbonyl (C=O) groups excluding carboxylic acids is 1. The molecule has 1 aromatic rings. The molecule has 0 aromatic carbocycles. The van der Waals surface area contributed by atoms with Crippen LogP contribution in [0.4, 0.5) is 0 Å². The van der Waals surface area contributed by atoms with Gasteiger partial charge >= 0.3 is 0 Å². The van der Waals surface area contributed by atoms with E-state index >= 15 is 0 Å². The maximum Gasteiger partial charge on any atom is 0.250 e. The molecule has 0 aliphatic rings. The molecule has 0 bridgehead atoms. The van der Waals surface area contributed by atoms with Gasteiger partial charge in [-0.3, -0.25) is 4.79 Å². The Labute approximate surface area is 133 Å². The van der Waals surface area contributed by atoms with E-state index in [1.54, 1.807) is 14.0 Å².